The highest BCUT2D eigenvalue weighted by Crippen LogP contribution is 2.39. The molecule has 1 atom stereocenters. The number of β-amino-alcohol motifs (C(OH)–C–C–N with tert-alkyl or cyclic N) is 1. The van der Waals surface area contributed by atoms with E-state index in [1.807, 2.05) is 66.7 Å². The fourth-order valence-electron chi connectivity index (χ4n) is 3.63. The molecule has 0 radical (unpaired) electrons. The minimum atomic E-state index is -1.10. The van der Waals surface area contributed by atoms with Gasteiger partial charge in [-0.2, -0.15) is 0 Å². The van der Waals surface area contributed by atoms with Crippen molar-refractivity contribution in [2.75, 3.05) is 18.6 Å². The van der Waals surface area contributed by atoms with Crippen LogP contribution in [0.15, 0.2) is 72.8 Å². The maximum atomic E-state index is 11.7. The number of anilines is 1. The van der Waals surface area contributed by atoms with Gasteiger partial charge in [-0.3, -0.25) is 0 Å². The lowest BCUT2D eigenvalue weighted by Crippen LogP contribution is -2.46. The van der Waals surface area contributed by atoms with Crippen molar-refractivity contribution in [3.05, 3.63) is 94.5 Å². The SMILES string of the molecule is COc1ccc(N2Cc3ccccc3[C@](O)(c3ccc(Cl)cc3)C2)cc1. The second-order valence-corrected chi connectivity index (χ2v) is 7.01. The van der Waals surface area contributed by atoms with Crippen molar-refractivity contribution in [2.45, 2.75) is 12.1 Å². The summed E-state index contributed by atoms with van der Waals surface area (Å²) in [6.45, 7) is 1.22. The molecule has 0 amide bonds. The van der Waals surface area contributed by atoms with Gasteiger partial charge in [-0.1, -0.05) is 48.0 Å². The van der Waals surface area contributed by atoms with Crippen LogP contribution in [-0.4, -0.2) is 18.8 Å². The van der Waals surface area contributed by atoms with Gasteiger partial charge in [0.15, 0.2) is 0 Å². The highest BCUT2D eigenvalue weighted by Gasteiger charge is 2.39. The quantitative estimate of drug-likeness (QED) is 0.736. The van der Waals surface area contributed by atoms with Crippen LogP contribution in [0.3, 0.4) is 0 Å². The Labute approximate surface area is 158 Å². The molecule has 0 unspecified atom stereocenters. The lowest BCUT2D eigenvalue weighted by molar-refractivity contribution is 0.0806. The molecule has 0 saturated heterocycles. The van der Waals surface area contributed by atoms with E-state index in [9.17, 15) is 5.11 Å². The molecule has 1 heterocycles. The van der Waals surface area contributed by atoms with E-state index in [0.717, 1.165) is 34.7 Å². The normalized spacial score (nSPS) is 19.1. The van der Waals surface area contributed by atoms with Gasteiger partial charge in [0.1, 0.15) is 11.4 Å². The van der Waals surface area contributed by atoms with E-state index < -0.39 is 5.60 Å². The second kappa shape index (κ2) is 6.67. The van der Waals surface area contributed by atoms with Gasteiger partial charge in [-0.05, 0) is 53.1 Å². The third-order valence-electron chi connectivity index (χ3n) is 5.00. The van der Waals surface area contributed by atoms with E-state index in [1.165, 1.54) is 0 Å². The zero-order valence-electron chi connectivity index (χ0n) is 14.5. The Morgan fingerprint density at radius 2 is 1.65 bits per heavy atom. The average molecular weight is 366 g/mol. The third-order valence-corrected chi connectivity index (χ3v) is 5.26. The lowest BCUT2D eigenvalue weighted by Gasteiger charge is -2.42. The smallest absolute Gasteiger partial charge is 0.132 e. The number of aliphatic hydroxyl groups is 1. The summed E-state index contributed by atoms with van der Waals surface area (Å²) >= 11 is 6.05. The largest absolute Gasteiger partial charge is 0.497 e. The molecule has 26 heavy (non-hydrogen) atoms. The molecule has 3 aromatic carbocycles. The number of rotatable bonds is 3. The molecule has 3 aromatic rings. The van der Waals surface area contributed by atoms with Gasteiger partial charge in [-0.15, -0.1) is 0 Å². The zero-order valence-corrected chi connectivity index (χ0v) is 15.3. The van der Waals surface area contributed by atoms with Crippen molar-refractivity contribution in [3.8, 4) is 5.75 Å². The third kappa shape index (κ3) is 2.94. The topological polar surface area (TPSA) is 32.7 Å². The van der Waals surface area contributed by atoms with Crippen LogP contribution in [0, 0.1) is 0 Å². The molecule has 0 fully saturated rings. The van der Waals surface area contributed by atoms with Crippen molar-refractivity contribution in [1.82, 2.24) is 0 Å². The first kappa shape index (κ1) is 17.0. The summed E-state index contributed by atoms with van der Waals surface area (Å²) in [5, 5.41) is 12.4. The number of benzene rings is 3. The van der Waals surface area contributed by atoms with Gasteiger partial charge in [0.05, 0.1) is 13.7 Å². The van der Waals surface area contributed by atoms with Crippen LogP contribution in [0.5, 0.6) is 5.75 Å². The predicted molar refractivity (Wildman–Crippen MR) is 105 cm³/mol. The standard InChI is InChI=1S/C22H20ClNO2/c1-26-20-12-10-19(11-13-20)24-14-16-4-2-3-5-21(16)22(25,15-24)17-6-8-18(23)9-7-17/h2-13,25H,14-15H2,1H3/t22-/m1/s1. The average Bonchev–Trinajstić information content (AvgIpc) is 2.68. The van der Waals surface area contributed by atoms with E-state index in [1.54, 1.807) is 7.11 Å². The number of methoxy groups -OCH3 is 1. The molecule has 132 valence electrons. The van der Waals surface area contributed by atoms with E-state index in [-0.39, 0.29) is 0 Å². The van der Waals surface area contributed by atoms with Crippen LogP contribution >= 0.6 is 11.6 Å². The van der Waals surface area contributed by atoms with Crippen LogP contribution in [0.25, 0.3) is 0 Å². The molecule has 0 spiro atoms. The monoisotopic (exact) mass is 365 g/mol. The molecular weight excluding hydrogens is 346 g/mol. The first-order valence-corrected chi connectivity index (χ1v) is 8.94. The van der Waals surface area contributed by atoms with Crippen LogP contribution in [-0.2, 0) is 12.1 Å². The summed E-state index contributed by atoms with van der Waals surface area (Å²) in [6.07, 6.45) is 0. The van der Waals surface area contributed by atoms with Gasteiger partial charge in [0.2, 0.25) is 0 Å². The summed E-state index contributed by atoms with van der Waals surface area (Å²) in [5.74, 6) is 0.819. The number of hydrogen-bond acceptors (Lipinski definition) is 3. The van der Waals surface area contributed by atoms with Crippen molar-refractivity contribution in [2.24, 2.45) is 0 Å². The Kier molecular flexibility index (Phi) is 4.35. The molecule has 0 aliphatic carbocycles. The highest BCUT2D eigenvalue weighted by atomic mass is 35.5. The maximum absolute atomic E-state index is 11.7. The van der Waals surface area contributed by atoms with Crippen molar-refractivity contribution >= 4 is 17.3 Å². The summed E-state index contributed by atoms with van der Waals surface area (Å²) in [7, 11) is 1.66. The van der Waals surface area contributed by atoms with Gasteiger partial charge >= 0.3 is 0 Å². The van der Waals surface area contributed by atoms with E-state index >= 15 is 0 Å². The fraction of sp³-hybridized carbons (Fsp3) is 0.182. The van der Waals surface area contributed by atoms with E-state index in [2.05, 4.69) is 11.0 Å². The van der Waals surface area contributed by atoms with Crippen molar-refractivity contribution in [3.63, 3.8) is 0 Å². The Bertz CT molecular complexity index is 908. The van der Waals surface area contributed by atoms with Crippen LogP contribution < -0.4 is 9.64 Å². The predicted octanol–water partition coefficient (Wildman–Crippen LogP) is 4.60. The molecule has 0 aromatic heterocycles. The molecular formula is C22H20ClNO2. The van der Waals surface area contributed by atoms with Crippen LogP contribution in [0.1, 0.15) is 16.7 Å². The van der Waals surface area contributed by atoms with Gasteiger partial charge < -0.3 is 14.7 Å². The van der Waals surface area contributed by atoms with Crippen LogP contribution in [0.4, 0.5) is 5.69 Å². The summed E-state index contributed by atoms with van der Waals surface area (Å²) in [5.41, 5.74) is 2.86. The molecule has 0 saturated carbocycles. The number of nitrogens with zero attached hydrogens (tertiary/aromatic N) is 1. The van der Waals surface area contributed by atoms with Gasteiger partial charge in [-0.25, -0.2) is 0 Å². The first-order chi connectivity index (χ1) is 12.6. The number of fused-ring (bicyclic) bond motifs is 1. The van der Waals surface area contributed by atoms with E-state index in [4.69, 9.17) is 16.3 Å². The van der Waals surface area contributed by atoms with E-state index in [0.29, 0.717) is 11.6 Å². The number of ether oxygens (including phenoxy) is 1. The minimum absolute atomic E-state index is 0.470. The Morgan fingerprint density at radius 1 is 0.962 bits per heavy atom. The fourth-order valence-corrected chi connectivity index (χ4v) is 3.76. The molecule has 1 N–H and O–H groups in total. The Balaban J connectivity index is 1.78. The highest BCUT2D eigenvalue weighted by molar-refractivity contribution is 6.30. The molecule has 1 aliphatic heterocycles. The van der Waals surface area contributed by atoms with Gasteiger partial charge in [0, 0.05) is 17.3 Å². The van der Waals surface area contributed by atoms with Crippen molar-refractivity contribution in [1.29, 1.82) is 0 Å². The zero-order chi connectivity index (χ0) is 18.1. The number of halogens is 1. The molecule has 4 heteroatoms. The molecule has 3 nitrogen and oxygen atoms in total. The lowest BCUT2D eigenvalue weighted by atomic mass is 9.80. The van der Waals surface area contributed by atoms with Crippen LogP contribution in [0.2, 0.25) is 5.02 Å². The van der Waals surface area contributed by atoms with Crippen molar-refractivity contribution < 1.29 is 9.84 Å². The summed E-state index contributed by atoms with van der Waals surface area (Å²) < 4.78 is 5.25. The Hall–Kier alpha value is -2.49. The summed E-state index contributed by atoms with van der Waals surface area (Å²) in [4.78, 5) is 2.19. The molecule has 4 rings (SSSR count). The molecule has 0 bridgehead atoms. The first-order valence-electron chi connectivity index (χ1n) is 8.56. The Morgan fingerprint density at radius 3 is 2.35 bits per heavy atom. The summed E-state index contributed by atoms with van der Waals surface area (Å²) in [6, 6.07) is 23.4. The molecule has 1 aliphatic rings. The van der Waals surface area contributed by atoms with Gasteiger partial charge in [0.25, 0.3) is 0 Å². The maximum Gasteiger partial charge on any atom is 0.132 e. The number of hydrogen-bond donors (Lipinski definition) is 1. The minimum Gasteiger partial charge on any atom is -0.497 e. The second-order valence-electron chi connectivity index (χ2n) is 6.58.